The molecule has 0 spiro atoms. The van der Waals surface area contributed by atoms with Crippen molar-refractivity contribution in [2.45, 2.75) is 17.7 Å². The van der Waals surface area contributed by atoms with Gasteiger partial charge >= 0.3 is 89.1 Å². The fourth-order valence-corrected chi connectivity index (χ4v) is 3.57. The monoisotopic (exact) mass is 277 g/mol. The number of carbonyl (C=O) groups excluding carboxylic acids is 1. The molecule has 1 amide bonds. The van der Waals surface area contributed by atoms with Gasteiger partial charge in [-0.3, -0.25) is 0 Å². The van der Waals surface area contributed by atoms with E-state index in [9.17, 15) is 12.6 Å². The van der Waals surface area contributed by atoms with Gasteiger partial charge in [-0.25, -0.2) is 0 Å². The first-order valence-corrected chi connectivity index (χ1v) is 7.54. The van der Waals surface area contributed by atoms with Crippen LogP contribution in [0.25, 0.3) is 0 Å². The van der Waals surface area contributed by atoms with Gasteiger partial charge in [-0.2, -0.15) is 0 Å². The molecule has 0 saturated carbocycles. The van der Waals surface area contributed by atoms with Gasteiger partial charge in [-0.1, -0.05) is 0 Å². The molecule has 0 fully saturated rings. The van der Waals surface area contributed by atoms with Crippen molar-refractivity contribution >= 4 is 20.1 Å². The molecule has 2 atom stereocenters. The first-order valence-electron chi connectivity index (χ1n) is 4.23. The van der Waals surface area contributed by atoms with Crippen LogP contribution in [0.4, 0.5) is 0 Å². The van der Waals surface area contributed by atoms with Crippen molar-refractivity contribution < 1.29 is 21.8 Å². The van der Waals surface area contributed by atoms with Gasteiger partial charge in [0, 0.05) is 0 Å². The van der Waals surface area contributed by atoms with E-state index < -0.39 is 24.4 Å². The van der Waals surface area contributed by atoms with Crippen molar-refractivity contribution in [2.24, 2.45) is 0 Å². The first kappa shape index (κ1) is 12.3. The van der Waals surface area contributed by atoms with E-state index in [0.29, 0.717) is 0 Å². The molecule has 6 nitrogen and oxygen atoms in total. The fraction of sp³-hybridized carbons (Fsp3) is 0.375. The number of amides is 1. The van der Waals surface area contributed by atoms with Crippen molar-refractivity contribution in [3.05, 3.63) is 24.3 Å². The molecule has 0 aromatic carbocycles. The molecule has 0 aromatic rings. The number of rotatable bonds is 3. The SMILES string of the molecule is CC(=O)N[C@@]1([As](=O)(O)OO)C=CC=CC1. The second kappa shape index (κ2) is 4.36. The topological polar surface area (TPSA) is 95.9 Å². The van der Waals surface area contributed by atoms with Crippen LogP contribution in [0.1, 0.15) is 13.3 Å². The third-order valence-corrected chi connectivity index (χ3v) is 5.57. The Morgan fingerprint density at radius 1 is 1.60 bits per heavy atom. The summed E-state index contributed by atoms with van der Waals surface area (Å²) in [5, 5.41) is 10.8. The van der Waals surface area contributed by atoms with Crippen molar-refractivity contribution in [1.29, 1.82) is 0 Å². The van der Waals surface area contributed by atoms with E-state index in [1.807, 2.05) is 0 Å². The predicted octanol–water partition coefficient (Wildman–Crippen LogP) is -0.232. The second-order valence-corrected chi connectivity index (χ2v) is 7.40. The van der Waals surface area contributed by atoms with Crippen molar-refractivity contribution in [3.63, 3.8) is 0 Å². The third-order valence-electron chi connectivity index (χ3n) is 2.06. The van der Waals surface area contributed by atoms with Gasteiger partial charge in [0.15, 0.2) is 0 Å². The van der Waals surface area contributed by atoms with Crippen LogP contribution >= 0.6 is 0 Å². The van der Waals surface area contributed by atoms with Gasteiger partial charge < -0.3 is 0 Å². The Kier molecular flexibility index (Phi) is 3.57. The molecule has 1 unspecified atom stereocenters. The van der Waals surface area contributed by atoms with Gasteiger partial charge in [0.2, 0.25) is 0 Å². The Labute approximate surface area is 89.5 Å². The summed E-state index contributed by atoms with van der Waals surface area (Å²) >= 11 is -5.02. The molecule has 0 radical (unpaired) electrons. The summed E-state index contributed by atoms with van der Waals surface area (Å²) < 4.78 is 23.3. The summed E-state index contributed by atoms with van der Waals surface area (Å²) in [6, 6.07) is 0. The van der Waals surface area contributed by atoms with Crippen LogP contribution in [-0.4, -0.2) is 33.8 Å². The second-order valence-electron chi connectivity index (χ2n) is 3.20. The summed E-state index contributed by atoms with van der Waals surface area (Å²) in [6.45, 7) is 1.22. The summed E-state index contributed by atoms with van der Waals surface area (Å²) in [5.74, 6) is -0.470. The van der Waals surface area contributed by atoms with Crippen molar-refractivity contribution in [1.82, 2.24) is 5.32 Å². The molecule has 0 bridgehead atoms. The van der Waals surface area contributed by atoms with Crippen LogP contribution in [-0.2, 0) is 12.4 Å². The fourth-order valence-electron chi connectivity index (χ4n) is 1.36. The molecular weight excluding hydrogens is 265 g/mol. The first-order chi connectivity index (χ1) is 6.93. The Balaban J connectivity index is 3.07. The Morgan fingerprint density at radius 3 is 2.67 bits per heavy atom. The van der Waals surface area contributed by atoms with E-state index >= 15 is 0 Å². The molecule has 15 heavy (non-hydrogen) atoms. The number of carbonyl (C=O) groups is 1. The molecule has 3 N–H and O–H groups in total. The molecule has 0 saturated heterocycles. The zero-order valence-corrected chi connectivity index (χ0v) is 9.96. The van der Waals surface area contributed by atoms with Crippen LogP contribution in [0.5, 0.6) is 0 Å². The minimum absolute atomic E-state index is 0.108. The predicted molar refractivity (Wildman–Crippen MR) is 51.8 cm³/mol. The molecule has 1 aliphatic rings. The van der Waals surface area contributed by atoms with Crippen LogP contribution in [0.2, 0.25) is 0 Å². The van der Waals surface area contributed by atoms with Gasteiger partial charge in [0.25, 0.3) is 0 Å². The van der Waals surface area contributed by atoms with Gasteiger partial charge in [0.1, 0.15) is 0 Å². The van der Waals surface area contributed by atoms with Crippen LogP contribution in [0.3, 0.4) is 0 Å². The maximum absolute atomic E-state index is 11.6. The van der Waals surface area contributed by atoms with E-state index in [0.717, 1.165) is 0 Å². The Hall–Kier alpha value is -0.812. The molecule has 0 aliphatic heterocycles. The van der Waals surface area contributed by atoms with Gasteiger partial charge in [-0.15, -0.1) is 0 Å². The molecule has 1 rings (SSSR count). The van der Waals surface area contributed by atoms with E-state index in [2.05, 4.69) is 9.19 Å². The molecule has 0 aromatic heterocycles. The van der Waals surface area contributed by atoms with Crippen molar-refractivity contribution in [3.8, 4) is 0 Å². The van der Waals surface area contributed by atoms with E-state index in [4.69, 9.17) is 5.26 Å². The van der Waals surface area contributed by atoms with Gasteiger partial charge in [-0.05, 0) is 0 Å². The minimum atomic E-state index is -5.02. The quantitative estimate of drug-likeness (QED) is 0.376. The summed E-state index contributed by atoms with van der Waals surface area (Å²) in [4.78, 5) is 11.0. The van der Waals surface area contributed by atoms with Gasteiger partial charge in [0.05, 0.1) is 0 Å². The Morgan fingerprint density at radius 2 is 2.27 bits per heavy atom. The average molecular weight is 277 g/mol. The molecule has 84 valence electrons. The maximum atomic E-state index is 11.6. The molecule has 1 aliphatic carbocycles. The number of hydrogen-bond donors (Lipinski definition) is 3. The molecular formula is C8H12AsNO5. The normalized spacial score (nSPS) is 28.5. The van der Waals surface area contributed by atoms with E-state index in [-0.39, 0.29) is 6.42 Å². The molecule has 0 heterocycles. The van der Waals surface area contributed by atoms with Crippen molar-refractivity contribution in [2.75, 3.05) is 0 Å². The standard InChI is InChI=1S/C8H12AsNO5/c1-7(11)10-8(9(12,13)15-14)5-3-2-4-6-8/h2-5,14H,6H2,1H3,(H,10,11)(H,12,13)/t8-/m0/s1. The van der Waals surface area contributed by atoms with Crippen LogP contribution in [0.15, 0.2) is 24.3 Å². The number of hydrogen-bond acceptors (Lipinski definition) is 4. The number of nitrogens with one attached hydrogen (secondary N) is 1. The zero-order valence-electron chi connectivity index (χ0n) is 8.08. The van der Waals surface area contributed by atoms with E-state index in [1.165, 1.54) is 19.1 Å². The summed E-state index contributed by atoms with van der Waals surface area (Å²) in [7, 11) is 0. The molecule has 7 heteroatoms. The third kappa shape index (κ3) is 2.41. The zero-order chi connectivity index (χ0) is 11.5. The van der Waals surface area contributed by atoms with Crippen LogP contribution in [0, 0.1) is 0 Å². The summed E-state index contributed by atoms with van der Waals surface area (Å²) in [6.07, 6.45) is 6.26. The van der Waals surface area contributed by atoms with E-state index in [1.54, 1.807) is 12.2 Å². The number of allylic oxidation sites excluding steroid dienone is 2. The average Bonchev–Trinajstić information content (AvgIpc) is 2.18. The van der Waals surface area contributed by atoms with Crippen LogP contribution < -0.4 is 5.32 Å². The Bertz CT molecular complexity index is 364. The summed E-state index contributed by atoms with van der Waals surface area (Å²) in [5.41, 5.74) is 0.